The summed E-state index contributed by atoms with van der Waals surface area (Å²) < 4.78 is 5.30. The molecule has 0 aliphatic heterocycles. The van der Waals surface area contributed by atoms with Crippen LogP contribution in [-0.2, 0) is 4.79 Å². The second kappa shape index (κ2) is 6.03. The molecule has 0 aromatic heterocycles. The summed E-state index contributed by atoms with van der Waals surface area (Å²) in [6, 6.07) is 7.50. The summed E-state index contributed by atoms with van der Waals surface area (Å²) in [4.78, 5) is 11.1. The molecule has 82 valence electrons. The second-order valence-electron chi connectivity index (χ2n) is 3.13. The maximum Gasteiger partial charge on any atom is 0.258 e. The first-order valence-corrected chi connectivity index (χ1v) is 4.80. The molecular weight excluding hydrogens is 194 g/mol. The molecule has 1 aromatic carbocycles. The molecule has 0 aliphatic carbocycles. The monoisotopic (exact) mass is 209 g/mol. The Morgan fingerprint density at radius 3 is 2.87 bits per heavy atom. The maximum absolute atomic E-state index is 11.1. The van der Waals surface area contributed by atoms with Crippen LogP contribution in [0.2, 0.25) is 0 Å². The van der Waals surface area contributed by atoms with Gasteiger partial charge in [-0.2, -0.15) is 0 Å². The van der Waals surface area contributed by atoms with Gasteiger partial charge in [-0.25, -0.2) is 0 Å². The Bertz CT molecular complexity index is 325. The van der Waals surface area contributed by atoms with Gasteiger partial charge in [-0.15, -0.1) is 0 Å². The Balaban J connectivity index is 2.37. The number of para-hydroxylation sites is 1. The van der Waals surface area contributed by atoms with Crippen molar-refractivity contribution in [3.8, 4) is 5.75 Å². The fourth-order valence-corrected chi connectivity index (χ4v) is 1.11. The van der Waals surface area contributed by atoms with Crippen LogP contribution in [0.1, 0.15) is 5.56 Å². The zero-order valence-corrected chi connectivity index (χ0v) is 8.69. The van der Waals surface area contributed by atoms with Crippen molar-refractivity contribution in [1.29, 1.82) is 0 Å². The van der Waals surface area contributed by atoms with E-state index in [9.17, 15) is 4.79 Å². The number of amides is 1. The van der Waals surface area contributed by atoms with Gasteiger partial charge in [0, 0.05) is 6.54 Å². The summed E-state index contributed by atoms with van der Waals surface area (Å²) in [6.07, 6.45) is 0. The highest BCUT2D eigenvalue weighted by Crippen LogP contribution is 2.15. The molecule has 0 heterocycles. The first-order valence-electron chi connectivity index (χ1n) is 4.80. The molecule has 0 fully saturated rings. The quantitative estimate of drug-likeness (QED) is 0.741. The summed E-state index contributed by atoms with van der Waals surface area (Å²) in [5.41, 5.74) is 0.993. The van der Waals surface area contributed by atoms with Crippen molar-refractivity contribution in [2.24, 2.45) is 0 Å². The maximum atomic E-state index is 11.1. The lowest BCUT2D eigenvalue weighted by molar-refractivity contribution is -0.123. The van der Waals surface area contributed by atoms with E-state index >= 15 is 0 Å². The largest absolute Gasteiger partial charge is 0.484 e. The molecule has 4 nitrogen and oxygen atoms in total. The van der Waals surface area contributed by atoms with Crippen molar-refractivity contribution in [1.82, 2.24) is 5.32 Å². The van der Waals surface area contributed by atoms with E-state index in [0.717, 1.165) is 5.56 Å². The third kappa shape index (κ3) is 3.99. The topological polar surface area (TPSA) is 58.6 Å². The number of aliphatic hydroxyl groups is 1. The lowest BCUT2D eigenvalue weighted by Crippen LogP contribution is -2.31. The van der Waals surface area contributed by atoms with Crippen molar-refractivity contribution in [3.63, 3.8) is 0 Å². The van der Waals surface area contributed by atoms with Gasteiger partial charge in [-0.1, -0.05) is 18.2 Å². The van der Waals surface area contributed by atoms with E-state index in [1.165, 1.54) is 0 Å². The molecule has 4 heteroatoms. The predicted octanol–water partition coefficient (Wildman–Crippen LogP) is 0.482. The van der Waals surface area contributed by atoms with Gasteiger partial charge >= 0.3 is 0 Å². The summed E-state index contributed by atoms with van der Waals surface area (Å²) in [5.74, 6) is 0.476. The molecule has 0 bridgehead atoms. The van der Waals surface area contributed by atoms with E-state index in [1.54, 1.807) is 0 Å². The van der Waals surface area contributed by atoms with Crippen molar-refractivity contribution >= 4 is 5.91 Å². The molecule has 2 N–H and O–H groups in total. The highest BCUT2D eigenvalue weighted by molar-refractivity contribution is 5.77. The molecule has 0 saturated heterocycles. The average Bonchev–Trinajstić information content (AvgIpc) is 2.25. The summed E-state index contributed by atoms with van der Waals surface area (Å²) in [5, 5.41) is 11.0. The van der Waals surface area contributed by atoms with Crippen molar-refractivity contribution in [2.75, 3.05) is 19.8 Å². The SMILES string of the molecule is Cc1ccccc1OCC(=O)NCCO. The van der Waals surface area contributed by atoms with E-state index < -0.39 is 0 Å². The minimum Gasteiger partial charge on any atom is -0.484 e. The van der Waals surface area contributed by atoms with Gasteiger partial charge in [0.05, 0.1) is 6.61 Å². The van der Waals surface area contributed by atoms with Crippen LogP contribution in [0.4, 0.5) is 0 Å². The standard InChI is InChI=1S/C11H15NO3/c1-9-4-2-3-5-10(9)15-8-11(14)12-6-7-13/h2-5,13H,6-8H2,1H3,(H,12,14). The van der Waals surface area contributed by atoms with Gasteiger partial charge in [0.1, 0.15) is 5.75 Å². The summed E-state index contributed by atoms with van der Waals surface area (Å²) in [7, 11) is 0. The van der Waals surface area contributed by atoms with Crippen LogP contribution in [0, 0.1) is 6.92 Å². The highest BCUT2D eigenvalue weighted by Gasteiger charge is 2.02. The number of carbonyl (C=O) groups excluding carboxylic acids is 1. The number of benzene rings is 1. The Morgan fingerprint density at radius 2 is 2.20 bits per heavy atom. The van der Waals surface area contributed by atoms with E-state index in [2.05, 4.69) is 5.32 Å². The normalized spacial score (nSPS) is 9.73. The van der Waals surface area contributed by atoms with Crippen LogP contribution >= 0.6 is 0 Å². The van der Waals surface area contributed by atoms with Gasteiger partial charge in [0.25, 0.3) is 5.91 Å². The van der Waals surface area contributed by atoms with E-state index in [0.29, 0.717) is 5.75 Å². The smallest absolute Gasteiger partial charge is 0.258 e. The van der Waals surface area contributed by atoms with Gasteiger partial charge < -0.3 is 15.2 Å². The molecule has 1 amide bonds. The molecule has 0 radical (unpaired) electrons. The van der Waals surface area contributed by atoms with Gasteiger partial charge in [-0.05, 0) is 18.6 Å². The van der Waals surface area contributed by atoms with Gasteiger partial charge in [-0.3, -0.25) is 4.79 Å². The number of rotatable bonds is 5. The fraction of sp³-hybridized carbons (Fsp3) is 0.364. The lowest BCUT2D eigenvalue weighted by atomic mass is 10.2. The fourth-order valence-electron chi connectivity index (χ4n) is 1.11. The number of ether oxygens (including phenoxy) is 1. The van der Waals surface area contributed by atoms with Crippen LogP contribution in [0.3, 0.4) is 0 Å². The van der Waals surface area contributed by atoms with Crippen LogP contribution in [-0.4, -0.2) is 30.8 Å². The Kier molecular flexibility index (Phi) is 4.63. The molecule has 1 rings (SSSR count). The minimum absolute atomic E-state index is 0.0230. The number of aliphatic hydroxyl groups excluding tert-OH is 1. The molecule has 0 spiro atoms. The number of aryl methyl sites for hydroxylation is 1. The van der Waals surface area contributed by atoms with Crippen molar-refractivity contribution in [3.05, 3.63) is 29.8 Å². The van der Waals surface area contributed by atoms with Crippen LogP contribution < -0.4 is 10.1 Å². The van der Waals surface area contributed by atoms with Crippen molar-refractivity contribution in [2.45, 2.75) is 6.92 Å². The van der Waals surface area contributed by atoms with Crippen LogP contribution in [0.5, 0.6) is 5.75 Å². The van der Waals surface area contributed by atoms with Crippen LogP contribution in [0.15, 0.2) is 24.3 Å². The molecular formula is C11H15NO3. The third-order valence-corrected chi connectivity index (χ3v) is 1.89. The predicted molar refractivity (Wildman–Crippen MR) is 56.8 cm³/mol. The Hall–Kier alpha value is -1.55. The number of carbonyl (C=O) groups is 1. The highest BCUT2D eigenvalue weighted by atomic mass is 16.5. The average molecular weight is 209 g/mol. The Labute approximate surface area is 88.9 Å². The van der Waals surface area contributed by atoms with E-state index in [1.807, 2.05) is 31.2 Å². The van der Waals surface area contributed by atoms with Gasteiger partial charge in [0.15, 0.2) is 6.61 Å². The zero-order chi connectivity index (χ0) is 11.1. The van der Waals surface area contributed by atoms with E-state index in [-0.39, 0.29) is 25.7 Å². The third-order valence-electron chi connectivity index (χ3n) is 1.89. The zero-order valence-electron chi connectivity index (χ0n) is 8.69. The first kappa shape index (κ1) is 11.5. The Morgan fingerprint density at radius 1 is 1.47 bits per heavy atom. The second-order valence-corrected chi connectivity index (χ2v) is 3.13. The lowest BCUT2D eigenvalue weighted by Gasteiger charge is -2.08. The number of hydrogen-bond acceptors (Lipinski definition) is 3. The molecule has 15 heavy (non-hydrogen) atoms. The molecule has 0 aliphatic rings. The van der Waals surface area contributed by atoms with Crippen LogP contribution in [0.25, 0.3) is 0 Å². The van der Waals surface area contributed by atoms with Gasteiger partial charge in [0.2, 0.25) is 0 Å². The first-order chi connectivity index (χ1) is 7.24. The molecule has 0 saturated carbocycles. The van der Waals surface area contributed by atoms with E-state index in [4.69, 9.17) is 9.84 Å². The van der Waals surface area contributed by atoms with Crippen molar-refractivity contribution < 1.29 is 14.6 Å². The number of hydrogen-bond donors (Lipinski definition) is 2. The summed E-state index contributed by atoms with van der Waals surface area (Å²) in [6.45, 7) is 2.10. The summed E-state index contributed by atoms with van der Waals surface area (Å²) >= 11 is 0. The molecule has 1 aromatic rings. The minimum atomic E-state index is -0.229. The molecule has 0 atom stereocenters. The molecule has 0 unspecified atom stereocenters. The number of nitrogens with one attached hydrogen (secondary N) is 1.